The Labute approximate surface area is 126 Å². The van der Waals surface area contributed by atoms with Gasteiger partial charge in [0.2, 0.25) is 0 Å². The maximum absolute atomic E-state index is 11.2. The molecule has 1 aliphatic heterocycles. The van der Waals surface area contributed by atoms with Crippen LogP contribution in [0.4, 0.5) is 0 Å². The van der Waals surface area contributed by atoms with Gasteiger partial charge in [-0.05, 0) is 43.2 Å². The van der Waals surface area contributed by atoms with Crippen molar-refractivity contribution in [1.82, 2.24) is 0 Å². The molecule has 21 heavy (non-hydrogen) atoms. The van der Waals surface area contributed by atoms with Crippen LogP contribution in [0.15, 0.2) is 24.3 Å². The molecule has 0 radical (unpaired) electrons. The molecule has 0 amide bonds. The first kappa shape index (κ1) is 14.4. The number of para-hydroxylation sites is 1. The lowest BCUT2D eigenvalue weighted by atomic mass is 9.61. The van der Waals surface area contributed by atoms with E-state index in [0.717, 1.165) is 30.6 Å². The molecule has 0 bridgehead atoms. The Morgan fingerprint density at radius 3 is 2.71 bits per heavy atom. The van der Waals surface area contributed by atoms with E-state index in [1.165, 1.54) is 0 Å². The summed E-state index contributed by atoms with van der Waals surface area (Å²) >= 11 is 0. The highest BCUT2D eigenvalue weighted by Gasteiger charge is 2.54. The Bertz CT molecular complexity index is 555. The number of nitriles is 1. The number of nitrogens with zero attached hydrogens (tertiary/aromatic N) is 1. The molecule has 1 aliphatic carbocycles. The maximum atomic E-state index is 11.2. The first-order valence-electron chi connectivity index (χ1n) is 7.97. The second-order valence-electron chi connectivity index (χ2n) is 6.65. The van der Waals surface area contributed by atoms with Gasteiger partial charge in [0, 0.05) is 6.42 Å². The van der Waals surface area contributed by atoms with E-state index >= 15 is 0 Å². The van der Waals surface area contributed by atoms with Crippen LogP contribution in [0.25, 0.3) is 0 Å². The van der Waals surface area contributed by atoms with E-state index in [1.54, 1.807) is 0 Å². The van der Waals surface area contributed by atoms with E-state index in [1.807, 2.05) is 24.3 Å². The Kier molecular flexibility index (Phi) is 3.67. The zero-order valence-corrected chi connectivity index (χ0v) is 12.6. The Balaban J connectivity index is 1.87. The highest BCUT2D eigenvalue weighted by Crippen LogP contribution is 2.49. The molecule has 1 aromatic rings. The van der Waals surface area contributed by atoms with E-state index in [4.69, 9.17) is 4.74 Å². The second-order valence-corrected chi connectivity index (χ2v) is 6.65. The zero-order chi connectivity index (χ0) is 14.9. The van der Waals surface area contributed by atoms with Crippen molar-refractivity contribution in [2.75, 3.05) is 6.61 Å². The number of aliphatic hydroxyl groups is 1. The molecule has 3 heteroatoms. The van der Waals surface area contributed by atoms with E-state index in [9.17, 15) is 10.4 Å². The number of hydrogen-bond donors (Lipinski definition) is 1. The van der Waals surface area contributed by atoms with Gasteiger partial charge in [-0.15, -0.1) is 0 Å². The fourth-order valence-corrected chi connectivity index (χ4v) is 3.88. The van der Waals surface area contributed by atoms with Crippen molar-refractivity contribution in [2.45, 2.75) is 51.0 Å². The summed E-state index contributed by atoms with van der Waals surface area (Å²) in [5.74, 6) is 1.55. The van der Waals surface area contributed by atoms with Crippen molar-refractivity contribution < 1.29 is 9.84 Å². The van der Waals surface area contributed by atoms with Crippen LogP contribution >= 0.6 is 0 Å². The quantitative estimate of drug-likeness (QED) is 0.905. The van der Waals surface area contributed by atoms with Crippen molar-refractivity contribution in [1.29, 1.82) is 5.26 Å². The molecule has 1 saturated carbocycles. The molecule has 1 heterocycles. The third-order valence-electron chi connectivity index (χ3n) is 5.55. The predicted molar refractivity (Wildman–Crippen MR) is 80.9 cm³/mol. The molecule has 2 aliphatic rings. The second kappa shape index (κ2) is 5.35. The van der Waals surface area contributed by atoms with Crippen molar-refractivity contribution >= 4 is 0 Å². The normalized spacial score (nSPS) is 35.4. The summed E-state index contributed by atoms with van der Waals surface area (Å²) in [4.78, 5) is 0. The highest BCUT2D eigenvalue weighted by molar-refractivity contribution is 5.38. The van der Waals surface area contributed by atoms with Gasteiger partial charge in [-0.1, -0.05) is 31.5 Å². The standard InChI is InChI=1S/C18H23NO2/c1-2-14-7-9-18(20,10-8-14)17(12-19)11-15-5-3-4-6-16(15)21-13-17/h3-6,14,20H,2,7-11,13H2,1H3. The van der Waals surface area contributed by atoms with Gasteiger partial charge >= 0.3 is 0 Å². The fraction of sp³-hybridized carbons (Fsp3) is 0.611. The maximum Gasteiger partial charge on any atom is 0.124 e. The van der Waals surface area contributed by atoms with Crippen LogP contribution in [-0.2, 0) is 6.42 Å². The Morgan fingerprint density at radius 2 is 2.05 bits per heavy atom. The molecule has 1 aromatic carbocycles. The van der Waals surface area contributed by atoms with Crippen LogP contribution in [0, 0.1) is 22.7 Å². The van der Waals surface area contributed by atoms with Crippen molar-refractivity contribution in [3.63, 3.8) is 0 Å². The van der Waals surface area contributed by atoms with Crippen molar-refractivity contribution in [3.8, 4) is 11.8 Å². The Hall–Kier alpha value is -1.53. The van der Waals surface area contributed by atoms with E-state index in [-0.39, 0.29) is 0 Å². The summed E-state index contributed by atoms with van der Waals surface area (Å²) in [5.41, 5.74) is -0.683. The zero-order valence-electron chi connectivity index (χ0n) is 12.6. The summed E-state index contributed by atoms with van der Waals surface area (Å²) < 4.78 is 5.82. The smallest absolute Gasteiger partial charge is 0.124 e. The summed E-state index contributed by atoms with van der Waals surface area (Å²) in [6.45, 7) is 2.50. The van der Waals surface area contributed by atoms with Gasteiger partial charge in [-0.3, -0.25) is 0 Å². The van der Waals surface area contributed by atoms with E-state index in [2.05, 4.69) is 13.0 Å². The minimum absolute atomic E-state index is 0.299. The summed E-state index contributed by atoms with van der Waals surface area (Å²) in [5, 5.41) is 21.0. The van der Waals surface area contributed by atoms with Gasteiger partial charge < -0.3 is 9.84 Å². The molecular formula is C18H23NO2. The number of ether oxygens (including phenoxy) is 1. The number of rotatable bonds is 2. The topological polar surface area (TPSA) is 53.2 Å². The lowest BCUT2D eigenvalue weighted by molar-refractivity contribution is -0.110. The summed E-state index contributed by atoms with van der Waals surface area (Å²) in [6, 6.07) is 10.3. The summed E-state index contributed by atoms with van der Waals surface area (Å²) in [7, 11) is 0. The van der Waals surface area contributed by atoms with Gasteiger partial charge in [0.05, 0.1) is 11.7 Å². The Morgan fingerprint density at radius 1 is 1.33 bits per heavy atom. The number of hydrogen-bond acceptors (Lipinski definition) is 3. The van der Waals surface area contributed by atoms with Crippen LogP contribution in [0.2, 0.25) is 0 Å². The average molecular weight is 285 g/mol. The molecule has 1 atom stereocenters. The van der Waals surface area contributed by atoms with Crippen LogP contribution in [0.5, 0.6) is 5.75 Å². The van der Waals surface area contributed by atoms with E-state index < -0.39 is 11.0 Å². The van der Waals surface area contributed by atoms with Crippen molar-refractivity contribution in [3.05, 3.63) is 29.8 Å². The molecule has 0 spiro atoms. The predicted octanol–water partition coefficient (Wildman–Crippen LogP) is 3.46. The largest absolute Gasteiger partial charge is 0.492 e. The molecule has 3 rings (SSSR count). The minimum atomic E-state index is -0.916. The van der Waals surface area contributed by atoms with Crippen LogP contribution in [-0.4, -0.2) is 17.3 Å². The van der Waals surface area contributed by atoms with Crippen molar-refractivity contribution in [2.24, 2.45) is 11.3 Å². The number of benzene rings is 1. The lowest BCUT2D eigenvalue weighted by Gasteiger charge is -2.48. The fourth-order valence-electron chi connectivity index (χ4n) is 3.88. The van der Waals surface area contributed by atoms with Gasteiger partial charge in [-0.2, -0.15) is 5.26 Å². The van der Waals surface area contributed by atoms with Gasteiger partial charge in [0.25, 0.3) is 0 Å². The van der Waals surface area contributed by atoms with Gasteiger partial charge in [-0.25, -0.2) is 0 Å². The molecule has 0 aromatic heterocycles. The molecular weight excluding hydrogens is 262 g/mol. The minimum Gasteiger partial charge on any atom is -0.492 e. The average Bonchev–Trinajstić information content (AvgIpc) is 2.55. The highest BCUT2D eigenvalue weighted by atomic mass is 16.5. The third-order valence-corrected chi connectivity index (χ3v) is 5.55. The summed E-state index contributed by atoms with van der Waals surface area (Å²) in [6.07, 6.45) is 5.20. The SMILES string of the molecule is CCC1CCC(O)(C2(C#N)COc3ccccc3C2)CC1. The third kappa shape index (κ3) is 2.32. The molecule has 1 fully saturated rings. The van der Waals surface area contributed by atoms with Gasteiger partial charge in [0.1, 0.15) is 17.8 Å². The van der Waals surface area contributed by atoms with Crippen LogP contribution < -0.4 is 4.74 Å². The monoisotopic (exact) mass is 285 g/mol. The first-order valence-corrected chi connectivity index (χ1v) is 7.97. The molecule has 1 N–H and O–H groups in total. The van der Waals surface area contributed by atoms with Crippen LogP contribution in [0.3, 0.4) is 0 Å². The molecule has 1 unspecified atom stereocenters. The van der Waals surface area contributed by atoms with Gasteiger partial charge in [0.15, 0.2) is 0 Å². The first-order chi connectivity index (χ1) is 10.1. The number of fused-ring (bicyclic) bond motifs is 1. The molecule has 3 nitrogen and oxygen atoms in total. The molecule has 112 valence electrons. The van der Waals surface area contributed by atoms with E-state index in [0.29, 0.717) is 31.8 Å². The lowest BCUT2D eigenvalue weighted by Crippen LogP contribution is -2.55. The van der Waals surface area contributed by atoms with Crippen LogP contribution in [0.1, 0.15) is 44.6 Å². The molecule has 0 saturated heterocycles.